The maximum atomic E-state index is 11.8. The van der Waals surface area contributed by atoms with Crippen molar-refractivity contribution in [2.75, 3.05) is 7.05 Å². The van der Waals surface area contributed by atoms with Crippen molar-refractivity contribution in [3.8, 4) is 0 Å². The average molecular weight is 290 g/mol. The molecule has 1 atom stereocenters. The summed E-state index contributed by atoms with van der Waals surface area (Å²) in [6.45, 7) is 1.71. The van der Waals surface area contributed by atoms with E-state index in [0.717, 1.165) is 10.8 Å². The fourth-order valence-corrected chi connectivity index (χ4v) is 2.49. The van der Waals surface area contributed by atoms with Crippen molar-refractivity contribution in [3.63, 3.8) is 0 Å². The fraction of sp³-hybridized carbons (Fsp3) is 0.231. The SMILES string of the molecule is CNC(=O)NC(=O)[C@H](C)Sc1nncc2ccccc12. The molecule has 6 nitrogen and oxygen atoms in total. The third-order valence-corrected chi connectivity index (χ3v) is 3.75. The van der Waals surface area contributed by atoms with Crippen LogP contribution in [0.4, 0.5) is 4.79 Å². The summed E-state index contributed by atoms with van der Waals surface area (Å²) in [7, 11) is 1.45. The predicted molar refractivity (Wildman–Crippen MR) is 77.5 cm³/mol. The number of hydrogen-bond donors (Lipinski definition) is 2. The van der Waals surface area contributed by atoms with E-state index in [1.165, 1.54) is 18.8 Å². The Morgan fingerprint density at radius 1 is 1.30 bits per heavy atom. The van der Waals surface area contributed by atoms with Crippen LogP contribution in [-0.4, -0.2) is 34.4 Å². The molecule has 2 N–H and O–H groups in total. The number of rotatable bonds is 3. The number of thioether (sulfide) groups is 1. The highest BCUT2D eigenvalue weighted by molar-refractivity contribution is 8.00. The van der Waals surface area contributed by atoms with E-state index in [1.807, 2.05) is 24.3 Å². The fourth-order valence-electron chi connectivity index (χ4n) is 1.59. The molecule has 104 valence electrons. The van der Waals surface area contributed by atoms with E-state index in [-0.39, 0.29) is 5.91 Å². The van der Waals surface area contributed by atoms with Gasteiger partial charge in [-0.2, -0.15) is 5.10 Å². The molecule has 0 radical (unpaired) electrons. The molecule has 0 bridgehead atoms. The summed E-state index contributed by atoms with van der Waals surface area (Å²) in [6, 6.07) is 7.16. The topological polar surface area (TPSA) is 84.0 Å². The molecule has 0 spiro atoms. The second-order valence-corrected chi connectivity index (χ2v) is 5.39. The van der Waals surface area contributed by atoms with Crippen molar-refractivity contribution in [3.05, 3.63) is 30.5 Å². The Morgan fingerprint density at radius 3 is 2.80 bits per heavy atom. The van der Waals surface area contributed by atoms with Gasteiger partial charge in [0.25, 0.3) is 0 Å². The van der Waals surface area contributed by atoms with E-state index in [1.54, 1.807) is 13.1 Å². The first-order valence-corrected chi connectivity index (χ1v) is 6.89. The van der Waals surface area contributed by atoms with Crippen molar-refractivity contribution in [1.82, 2.24) is 20.8 Å². The van der Waals surface area contributed by atoms with Gasteiger partial charge in [0.2, 0.25) is 5.91 Å². The number of hydrogen-bond acceptors (Lipinski definition) is 5. The van der Waals surface area contributed by atoms with Gasteiger partial charge in [0.15, 0.2) is 0 Å². The number of nitrogens with zero attached hydrogens (tertiary/aromatic N) is 2. The lowest BCUT2D eigenvalue weighted by atomic mass is 10.2. The minimum absolute atomic E-state index is 0.371. The van der Waals surface area contributed by atoms with E-state index in [0.29, 0.717) is 5.03 Å². The molecule has 0 aliphatic heterocycles. The molecule has 0 saturated carbocycles. The molecule has 0 fully saturated rings. The van der Waals surface area contributed by atoms with Crippen LogP contribution in [0.25, 0.3) is 10.8 Å². The summed E-state index contributed by atoms with van der Waals surface area (Å²) in [5.74, 6) is -0.371. The molecule has 2 aromatic rings. The van der Waals surface area contributed by atoms with Gasteiger partial charge in [-0.25, -0.2) is 4.79 Å². The third-order valence-electron chi connectivity index (χ3n) is 2.66. The Labute approximate surface area is 120 Å². The second-order valence-electron chi connectivity index (χ2n) is 4.07. The van der Waals surface area contributed by atoms with Gasteiger partial charge in [-0.05, 0) is 6.92 Å². The van der Waals surface area contributed by atoms with E-state index in [9.17, 15) is 9.59 Å². The number of carbonyl (C=O) groups is 2. The predicted octanol–water partition coefficient (Wildman–Crippen LogP) is 1.57. The average Bonchev–Trinajstić information content (AvgIpc) is 2.47. The highest BCUT2D eigenvalue weighted by Gasteiger charge is 2.18. The largest absolute Gasteiger partial charge is 0.341 e. The summed E-state index contributed by atoms with van der Waals surface area (Å²) in [4.78, 5) is 22.9. The normalized spacial score (nSPS) is 11.9. The molecule has 3 amide bonds. The molecule has 0 saturated heterocycles. The number of aromatic nitrogens is 2. The lowest BCUT2D eigenvalue weighted by Gasteiger charge is -2.11. The zero-order valence-electron chi connectivity index (χ0n) is 11.1. The Morgan fingerprint density at radius 2 is 2.05 bits per heavy atom. The molecule has 20 heavy (non-hydrogen) atoms. The van der Waals surface area contributed by atoms with Crippen molar-refractivity contribution in [2.45, 2.75) is 17.2 Å². The van der Waals surface area contributed by atoms with Crippen LogP contribution in [0.1, 0.15) is 6.92 Å². The van der Waals surface area contributed by atoms with Crippen molar-refractivity contribution in [1.29, 1.82) is 0 Å². The molecule has 1 aromatic heterocycles. The molecule has 7 heteroatoms. The zero-order valence-corrected chi connectivity index (χ0v) is 11.9. The maximum absolute atomic E-state index is 11.8. The quantitative estimate of drug-likeness (QED) is 0.838. The van der Waals surface area contributed by atoms with Crippen LogP contribution >= 0.6 is 11.8 Å². The first-order chi connectivity index (χ1) is 9.61. The molecule has 1 aromatic carbocycles. The van der Waals surface area contributed by atoms with Crippen LogP contribution in [0, 0.1) is 0 Å². The van der Waals surface area contributed by atoms with Crippen molar-refractivity contribution < 1.29 is 9.59 Å². The number of fused-ring (bicyclic) bond motifs is 1. The van der Waals surface area contributed by atoms with Gasteiger partial charge in [-0.3, -0.25) is 10.1 Å². The smallest absolute Gasteiger partial charge is 0.321 e. The number of benzene rings is 1. The summed E-state index contributed by atoms with van der Waals surface area (Å²) >= 11 is 1.27. The lowest BCUT2D eigenvalue weighted by molar-refractivity contribution is -0.119. The Balaban J connectivity index is 2.15. The zero-order chi connectivity index (χ0) is 14.5. The minimum Gasteiger partial charge on any atom is -0.341 e. The third kappa shape index (κ3) is 3.24. The van der Waals surface area contributed by atoms with Crippen molar-refractivity contribution in [2.24, 2.45) is 0 Å². The Hall–Kier alpha value is -2.15. The Kier molecular flexibility index (Phi) is 4.52. The highest BCUT2D eigenvalue weighted by Crippen LogP contribution is 2.27. The van der Waals surface area contributed by atoms with Crippen LogP contribution in [0.2, 0.25) is 0 Å². The molecule has 0 aliphatic rings. The van der Waals surface area contributed by atoms with Gasteiger partial charge in [-0.1, -0.05) is 36.0 Å². The molecule has 0 aliphatic carbocycles. The molecule has 1 heterocycles. The van der Waals surface area contributed by atoms with Gasteiger partial charge in [-0.15, -0.1) is 5.10 Å². The van der Waals surface area contributed by atoms with Gasteiger partial charge in [0, 0.05) is 17.8 Å². The summed E-state index contributed by atoms with van der Waals surface area (Å²) in [5.41, 5.74) is 0. The number of urea groups is 1. The minimum atomic E-state index is -0.522. The van der Waals surface area contributed by atoms with Gasteiger partial charge >= 0.3 is 6.03 Å². The summed E-state index contributed by atoms with van der Waals surface area (Å²) < 4.78 is 0. The standard InChI is InChI=1S/C13H14N4O2S/c1-8(11(18)16-13(19)14-2)20-12-10-6-4-3-5-9(10)7-15-17-12/h3-8H,1-2H3,(H2,14,16,18,19)/t8-/m0/s1. The number of carbonyl (C=O) groups excluding carboxylic acids is 2. The summed E-state index contributed by atoms with van der Waals surface area (Å²) in [5, 5.41) is 14.7. The second kappa shape index (κ2) is 6.33. The van der Waals surface area contributed by atoms with Gasteiger partial charge in [0.05, 0.1) is 11.4 Å². The van der Waals surface area contributed by atoms with E-state index >= 15 is 0 Å². The van der Waals surface area contributed by atoms with Gasteiger partial charge < -0.3 is 5.32 Å². The molecule has 0 unspecified atom stereocenters. The highest BCUT2D eigenvalue weighted by atomic mass is 32.2. The molecule has 2 rings (SSSR count). The number of amides is 3. The monoisotopic (exact) mass is 290 g/mol. The first kappa shape index (κ1) is 14.3. The van der Waals surface area contributed by atoms with E-state index in [2.05, 4.69) is 20.8 Å². The number of imide groups is 1. The van der Waals surface area contributed by atoms with Crippen LogP contribution in [0.15, 0.2) is 35.5 Å². The first-order valence-electron chi connectivity index (χ1n) is 6.01. The maximum Gasteiger partial charge on any atom is 0.321 e. The lowest BCUT2D eigenvalue weighted by Crippen LogP contribution is -2.41. The van der Waals surface area contributed by atoms with Crippen LogP contribution in [0.5, 0.6) is 0 Å². The Bertz CT molecular complexity index is 642. The van der Waals surface area contributed by atoms with Crippen LogP contribution < -0.4 is 10.6 Å². The van der Waals surface area contributed by atoms with E-state index < -0.39 is 11.3 Å². The van der Waals surface area contributed by atoms with Crippen molar-refractivity contribution >= 4 is 34.5 Å². The summed E-state index contributed by atoms with van der Waals surface area (Å²) in [6.07, 6.45) is 1.68. The molecular formula is C13H14N4O2S. The molecular weight excluding hydrogens is 276 g/mol. The van der Waals surface area contributed by atoms with E-state index in [4.69, 9.17) is 0 Å². The van der Waals surface area contributed by atoms with Crippen LogP contribution in [0.3, 0.4) is 0 Å². The number of nitrogens with one attached hydrogen (secondary N) is 2. The van der Waals surface area contributed by atoms with Crippen LogP contribution in [-0.2, 0) is 4.79 Å². The van der Waals surface area contributed by atoms with Gasteiger partial charge in [0.1, 0.15) is 5.03 Å².